The second-order valence-electron chi connectivity index (χ2n) is 8.21. The Balaban J connectivity index is 1.75. The minimum Gasteiger partial charge on any atom is -0.503 e. The third-order valence-corrected chi connectivity index (χ3v) is 6.68. The smallest absolute Gasteiger partial charge is 0.338 e. The molecule has 10 heteroatoms. The molecule has 0 fully saturated rings. The van der Waals surface area contributed by atoms with Crippen LogP contribution in [-0.2, 0) is 4.74 Å². The second-order valence-corrected chi connectivity index (χ2v) is 9.07. The first-order chi connectivity index (χ1) is 17.7. The molecule has 1 aromatic heterocycles. The van der Waals surface area contributed by atoms with Crippen molar-refractivity contribution in [2.45, 2.75) is 13.0 Å². The lowest BCUT2D eigenvalue weighted by molar-refractivity contribution is 0.0526. The van der Waals surface area contributed by atoms with Crippen molar-refractivity contribution < 1.29 is 33.0 Å². The van der Waals surface area contributed by atoms with E-state index in [-0.39, 0.29) is 50.4 Å². The number of anilines is 1. The summed E-state index contributed by atoms with van der Waals surface area (Å²) in [6.45, 7) is 1.91. The van der Waals surface area contributed by atoms with Gasteiger partial charge in [-0.05, 0) is 83.0 Å². The van der Waals surface area contributed by atoms with E-state index in [1.165, 1.54) is 36.3 Å². The van der Waals surface area contributed by atoms with Gasteiger partial charge in [0.2, 0.25) is 5.76 Å². The highest BCUT2D eigenvalue weighted by atomic mass is 79.9. The number of carbonyl (C=O) groups is 2. The molecule has 8 nitrogen and oxygen atoms in total. The summed E-state index contributed by atoms with van der Waals surface area (Å²) in [5.74, 6) is -1.98. The topological polar surface area (TPSA) is 106 Å². The van der Waals surface area contributed by atoms with Crippen molar-refractivity contribution in [1.82, 2.24) is 0 Å². The lowest BCUT2D eigenvalue weighted by Gasteiger charge is -2.26. The summed E-state index contributed by atoms with van der Waals surface area (Å²) in [4.78, 5) is 40.8. The molecule has 0 radical (unpaired) electrons. The van der Waals surface area contributed by atoms with Crippen molar-refractivity contribution in [2.75, 3.05) is 18.6 Å². The summed E-state index contributed by atoms with van der Waals surface area (Å²) in [6.07, 6.45) is 0. The summed E-state index contributed by atoms with van der Waals surface area (Å²) in [6, 6.07) is 11.7. The number of methoxy groups -OCH3 is 1. The number of aromatic hydroxyl groups is 1. The van der Waals surface area contributed by atoms with E-state index in [0.29, 0.717) is 11.3 Å². The molecule has 0 spiro atoms. The molecule has 1 atom stereocenters. The maximum Gasteiger partial charge on any atom is 0.338 e. The first kappa shape index (κ1) is 24.5. The fourth-order valence-electron chi connectivity index (χ4n) is 4.41. The predicted molar refractivity (Wildman–Crippen MR) is 136 cm³/mol. The molecule has 188 valence electrons. The van der Waals surface area contributed by atoms with Crippen molar-refractivity contribution >= 4 is 44.5 Å². The Hall–Kier alpha value is -4.18. The van der Waals surface area contributed by atoms with E-state index in [2.05, 4.69) is 15.9 Å². The first-order valence-corrected chi connectivity index (χ1v) is 12.0. The molecule has 0 bridgehead atoms. The molecule has 0 aliphatic carbocycles. The van der Waals surface area contributed by atoms with E-state index in [1.54, 1.807) is 25.1 Å². The van der Waals surface area contributed by atoms with Crippen molar-refractivity contribution in [2.24, 2.45) is 0 Å². The number of phenols is 1. The number of nitrogens with zero attached hydrogens (tertiary/aromatic N) is 1. The number of hydrogen-bond donors (Lipinski definition) is 1. The van der Waals surface area contributed by atoms with Gasteiger partial charge in [-0.3, -0.25) is 14.5 Å². The van der Waals surface area contributed by atoms with Gasteiger partial charge in [0.1, 0.15) is 11.4 Å². The third kappa shape index (κ3) is 4.03. The Labute approximate surface area is 218 Å². The molecule has 5 rings (SSSR count). The lowest BCUT2D eigenvalue weighted by Crippen LogP contribution is -2.29. The van der Waals surface area contributed by atoms with Gasteiger partial charge in [-0.2, -0.15) is 0 Å². The monoisotopic (exact) mass is 567 g/mol. The van der Waals surface area contributed by atoms with Crippen molar-refractivity contribution in [3.05, 3.63) is 97.6 Å². The molecule has 2 heterocycles. The lowest BCUT2D eigenvalue weighted by atomic mass is 9.97. The minimum absolute atomic E-state index is 0.0113. The Morgan fingerprint density at radius 2 is 1.86 bits per heavy atom. The molecule has 1 aliphatic rings. The fourth-order valence-corrected chi connectivity index (χ4v) is 4.87. The van der Waals surface area contributed by atoms with Crippen molar-refractivity contribution in [3.63, 3.8) is 0 Å². The Bertz CT molecular complexity index is 1630. The zero-order valence-corrected chi connectivity index (χ0v) is 21.2. The number of esters is 1. The van der Waals surface area contributed by atoms with E-state index >= 15 is 0 Å². The number of hydrogen-bond acceptors (Lipinski definition) is 7. The summed E-state index contributed by atoms with van der Waals surface area (Å²) < 4.78 is 30.4. The van der Waals surface area contributed by atoms with E-state index in [4.69, 9.17) is 13.9 Å². The van der Waals surface area contributed by atoms with Gasteiger partial charge in [-0.25, -0.2) is 9.18 Å². The standard InChI is InChI=1S/C27H19BrFNO7/c1-3-36-27(34)13-4-7-16(8-5-13)30-22(14-10-18(28)24(32)20(11-14)35-2)21-23(31)17-12-15(29)6-9-19(17)37-25(21)26(30)33/h4-12,22,32H,3H2,1-2H3. The van der Waals surface area contributed by atoms with Crippen LogP contribution in [0.25, 0.3) is 11.0 Å². The average molecular weight is 568 g/mol. The molecule has 1 aliphatic heterocycles. The minimum atomic E-state index is -1.01. The van der Waals surface area contributed by atoms with Gasteiger partial charge in [0.15, 0.2) is 16.9 Å². The van der Waals surface area contributed by atoms with Crippen LogP contribution >= 0.6 is 15.9 Å². The third-order valence-electron chi connectivity index (χ3n) is 6.08. The second kappa shape index (κ2) is 9.36. The summed E-state index contributed by atoms with van der Waals surface area (Å²) in [5.41, 5.74) is 0.593. The Morgan fingerprint density at radius 1 is 1.14 bits per heavy atom. The maximum atomic E-state index is 14.0. The van der Waals surface area contributed by atoms with Gasteiger partial charge in [0.25, 0.3) is 5.91 Å². The van der Waals surface area contributed by atoms with Gasteiger partial charge in [0.05, 0.1) is 40.7 Å². The van der Waals surface area contributed by atoms with Crippen molar-refractivity contribution in [3.8, 4) is 11.5 Å². The molecule has 0 saturated heterocycles. The average Bonchev–Trinajstić information content (AvgIpc) is 3.18. The number of amides is 1. The van der Waals surface area contributed by atoms with Crippen LogP contribution in [0.5, 0.6) is 11.5 Å². The SMILES string of the molecule is CCOC(=O)c1ccc(N2C(=O)c3oc4ccc(F)cc4c(=O)c3C2c2cc(Br)c(O)c(OC)c2)cc1. The van der Waals surface area contributed by atoms with Crippen LogP contribution in [0, 0.1) is 5.82 Å². The molecule has 3 aromatic carbocycles. The zero-order valence-electron chi connectivity index (χ0n) is 19.6. The van der Waals surface area contributed by atoms with E-state index in [0.717, 1.165) is 12.1 Å². The number of phenolic OH excluding ortho intramolecular Hbond substituents is 1. The number of ether oxygens (including phenoxy) is 2. The molecular weight excluding hydrogens is 549 g/mol. The van der Waals surface area contributed by atoms with Crippen LogP contribution in [-0.4, -0.2) is 30.7 Å². The molecular formula is C27H19BrFNO7. The van der Waals surface area contributed by atoms with E-state index in [9.17, 15) is 23.9 Å². The van der Waals surface area contributed by atoms with Crippen LogP contribution in [0.3, 0.4) is 0 Å². The molecule has 1 amide bonds. The first-order valence-electron chi connectivity index (χ1n) is 11.2. The molecule has 1 N–H and O–H groups in total. The number of halogens is 2. The molecule has 0 saturated carbocycles. The maximum absolute atomic E-state index is 14.0. The highest BCUT2D eigenvalue weighted by molar-refractivity contribution is 9.10. The van der Waals surface area contributed by atoms with Gasteiger partial charge in [-0.1, -0.05) is 0 Å². The van der Waals surface area contributed by atoms with Gasteiger partial charge < -0.3 is 19.0 Å². The van der Waals surface area contributed by atoms with E-state index < -0.39 is 29.2 Å². The summed E-state index contributed by atoms with van der Waals surface area (Å²) >= 11 is 3.29. The Morgan fingerprint density at radius 3 is 2.54 bits per heavy atom. The Kier molecular flexibility index (Phi) is 6.20. The number of carbonyl (C=O) groups excluding carboxylic acids is 2. The number of fused-ring (bicyclic) bond motifs is 2. The summed E-state index contributed by atoms with van der Waals surface area (Å²) in [5, 5.41) is 10.3. The predicted octanol–water partition coefficient (Wildman–Crippen LogP) is 5.34. The van der Waals surface area contributed by atoms with Crippen LogP contribution < -0.4 is 15.1 Å². The molecule has 1 unspecified atom stereocenters. The highest BCUT2D eigenvalue weighted by Crippen LogP contribution is 2.45. The van der Waals surface area contributed by atoms with E-state index in [1.807, 2.05) is 0 Å². The van der Waals surface area contributed by atoms with Crippen LogP contribution in [0.4, 0.5) is 10.1 Å². The quantitative estimate of drug-likeness (QED) is 0.324. The van der Waals surface area contributed by atoms with Crippen molar-refractivity contribution in [1.29, 1.82) is 0 Å². The zero-order chi connectivity index (χ0) is 26.4. The van der Waals surface area contributed by atoms with Gasteiger partial charge >= 0.3 is 5.97 Å². The summed E-state index contributed by atoms with van der Waals surface area (Å²) in [7, 11) is 1.37. The highest BCUT2D eigenvalue weighted by Gasteiger charge is 2.44. The number of benzene rings is 3. The normalized spacial score (nSPS) is 14.6. The molecule has 4 aromatic rings. The van der Waals surface area contributed by atoms with Crippen LogP contribution in [0.1, 0.15) is 45.0 Å². The van der Waals surface area contributed by atoms with Crippen LogP contribution in [0.2, 0.25) is 0 Å². The van der Waals surface area contributed by atoms with Crippen LogP contribution in [0.15, 0.2) is 68.3 Å². The van der Waals surface area contributed by atoms with Gasteiger partial charge in [-0.15, -0.1) is 0 Å². The molecule has 37 heavy (non-hydrogen) atoms. The largest absolute Gasteiger partial charge is 0.503 e. The van der Waals surface area contributed by atoms with Gasteiger partial charge in [0, 0.05) is 5.69 Å². The number of rotatable bonds is 5. The fraction of sp³-hybridized carbons (Fsp3) is 0.148.